The Morgan fingerprint density at radius 1 is 1.27 bits per heavy atom. The van der Waals surface area contributed by atoms with E-state index in [0.29, 0.717) is 10.6 Å². The summed E-state index contributed by atoms with van der Waals surface area (Å²) in [6.45, 7) is 1.36. The van der Waals surface area contributed by atoms with E-state index in [9.17, 15) is 30.8 Å². The Balaban J connectivity index is 0.000000479. The molecule has 1 aromatic carbocycles. The van der Waals surface area contributed by atoms with E-state index in [1.807, 2.05) is 4.72 Å². The highest BCUT2D eigenvalue weighted by Crippen LogP contribution is 2.23. The third kappa shape index (κ3) is 6.72. The lowest BCUT2D eigenvalue weighted by Crippen LogP contribution is -2.30. The van der Waals surface area contributed by atoms with Crippen molar-refractivity contribution >= 4 is 39.1 Å². The van der Waals surface area contributed by atoms with Crippen LogP contribution in [0.3, 0.4) is 0 Å². The van der Waals surface area contributed by atoms with Crippen LogP contribution in [-0.2, 0) is 21.2 Å². The molecule has 0 saturated heterocycles. The first-order chi connectivity index (χ1) is 15.2. The van der Waals surface area contributed by atoms with Gasteiger partial charge in [0.1, 0.15) is 10.7 Å². The zero-order valence-electron chi connectivity index (χ0n) is 16.4. The van der Waals surface area contributed by atoms with Crippen molar-refractivity contribution in [2.75, 3.05) is 5.73 Å². The monoisotopic (exact) mass is 510 g/mol. The van der Waals surface area contributed by atoms with Gasteiger partial charge in [0.15, 0.2) is 16.5 Å². The molecule has 10 nitrogen and oxygen atoms in total. The molecular formula is C17H14F4N4O6S2. The summed E-state index contributed by atoms with van der Waals surface area (Å²) < 4.78 is 76.6. The molecule has 0 aliphatic heterocycles. The van der Waals surface area contributed by atoms with E-state index in [4.69, 9.17) is 20.2 Å². The zero-order valence-corrected chi connectivity index (χ0v) is 18.0. The fraction of sp³-hybridized carbons (Fsp3) is 0.176. The van der Waals surface area contributed by atoms with E-state index in [1.165, 1.54) is 19.2 Å². The fourth-order valence-electron chi connectivity index (χ4n) is 2.23. The number of sulfonamides is 1. The molecule has 1 amide bonds. The Kier molecular flexibility index (Phi) is 7.76. The van der Waals surface area contributed by atoms with Crippen LogP contribution in [0.4, 0.5) is 23.4 Å². The number of nitrogens with zero attached hydrogens (tertiary/aromatic N) is 2. The van der Waals surface area contributed by atoms with Gasteiger partial charge in [-0.15, -0.1) is 11.3 Å². The highest BCUT2D eigenvalue weighted by Gasteiger charge is 2.38. The number of carbonyl (C=O) groups is 2. The first-order valence-electron chi connectivity index (χ1n) is 8.49. The second-order valence-electron chi connectivity index (χ2n) is 6.08. The Labute approximate surface area is 187 Å². The number of alkyl halides is 3. The number of aliphatic carboxylic acids is 1. The van der Waals surface area contributed by atoms with Crippen LogP contribution in [0.2, 0.25) is 0 Å². The molecular weight excluding hydrogens is 496 g/mol. The Bertz CT molecular complexity index is 1250. The van der Waals surface area contributed by atoms with Gasteiger partial charge in [-0.05, 0) is 18.6 Å². The summed E-state index contributed by atoms with van der Waals surface area (Å²) in [5.41, 5.74) is 5.89. The van der Waals surface area contributed by atoms with Crippen molar-refractivity contribution in [2.24, 2.45) is 0 Å². The molecule has 0 aliphatic carbocycles. The average Bonchev–Trinajstić information content (AvgIpc) is 3.29. The number of hydrogen-bond acceptors (Lipinski definition) is 9. The Morgan fingerprint density at radius 2 is 1.88 bits per heavy atom. The van der Waals surface area contributed by atoms with Gasteiger partial charge in [-0.2, -0.15) is 13.2 Å². The molecule has 178 valence electrons. The van der Waals surface area contributed by atoms with Crippen molar-refractivity contribution in [3.8, 4) is 0 Å². The van der Waals surface area contributed by atoms with Gasteiger partial charge in [-0.3, -0.25) is 4.79 Å². The first-order valence-corrected chi connectivity index (χ1v) is 10.8. The van der Waals surface area contributed by atoms with Crippen LogP contribution >= 0.6 is 11.3 Å². The van der Waals surface area contributed by atoms with Crippen LogP contribution in [0.25, 0.3) is 0 Å². The number of hydrogen-bond donors (Lipinski definition) is 3. The Hall–Kier alpha value is -3.53. The highest BCUT2D eigenvalue weighted by atomic mass is 32.2. The summed E-state index contributed by atoms with van der Waals surface area (Å²) in [5, 5.41) is 10.9. The van der Waals surface area contributed by atoms with Gasteiger partial charge in [0.25, 0.3) is 15.9 Å². The summed E-state index contributed by atoms with van der Waals surface area (Å²) in [6.07, 6.45) is -3.66. The predicted octanol–water partition coefficient (Wildman–Crippen LogP) is 2.50. The second-order valence-corrected chi connectivity index (χ2v) is 8.81. The fourth-order valence-corrected chi connectivity index (χ4v) is 4.32. The lowest BCUT2D eigenvalue weighted by Gasteiger charge is -2.04. The van der Waals surface area contributed by atoms with E-state index in [0.717, 1.165) is 11.3 Å². The van der Waals surface area contributed by atoms with Gasteiger partial charge >= 0.3 is 12.1 Å². The number of aryl methyl sites for hydroxylation is 1. The first kappa shape index (κ1) is 25.7. The number of nitrogens with one attached hydrogen (secondary N) is 1. The molecule has 0 saturated carbocycles. The number of halogens is 4. The van der Waals surface area contributed by atoms with Crippen LogP contribution in [0.1, 0.15) is 26.0 Å². The van der Waals surface area contributed by atoms with Crippen molar-refractivity contribution in [1.29, 1.82) is 0 Å². The normalized spacial score (nSPS) is 11.4. The molecule has 2 aromatic heterocycles. The van der Waals surface area contributed by atoms with Crippen LogP contribution in [-0.4, -0.2) is 41.7 Å². The van der Waals surface area contributed by atoms with Gasteiger partial charge in [-0.1, -0.05) is 23.4 Å². The van der Waals surface area contributed by atoms with E-state index in [2.05, 4.69) is 10.1 Å². The molecule has 0 radical (unpaired) electrons. The van der Waals surface area contributed by atoms with E-state index in [-0.39, 0.29) is 33.6 Å². The quantitative estimate of drug-likeness (QED) is 0.437. The van der Waals surface area contributed by atoms with Gasteiger partial charge in [0.2, 0.25) is 0 Å². The summed E-state index contributed by atoms with van der Waals surface area (Å²) in [4.78, 5) is 24.8. The molecule has 33 heavy (non-hydrogen) atoms. The minimum absolute atomic E-state index is 0.0349. The number of carboxylic acids is 1. The van der Waals surface area contributed by atoms with Crippen LogP contribution in [0.5, 0.6) is 0 Å². The number of amides is 1. The van der Waals surface area contributed by atoms with Crippen molar-refractivity contribution in [3.05, 3.63) is 57.5 Å². The number of rotatable bonds is 5. The molecule has 0 aliphatic rings. The average molecular weight is 510 g/mol. The van der Waals surface area contributed by atoms with E-state index in [1.54, 1.807) is 18.2 Å². The zero-order chi connectivity index (χ0) is 25.0. The van der Waals surface area contributed by atoms with E-state index < -0.39 is 28.1 Å². The molecule has 0 spiro atoms. The number of nitrogen functional groups attached to an aromatic ring is 1. The molecule has 16 heteroatoms. The van der Waals surface area contributed by atoms with Crippen molar-refractivity contribution in [1.82, 2.24) is 14.9 Å². The number of aromatic nitrogens is 2. The van der Waals surface area contributed by atoms with E-state index >= 15 is 0 Å². The summed E-state index contributed by atoms with van der Waals surface area (Å²) in [5.74, 6) is -4.39. The Morgan fingerprint density at radius 3 is 2.39 bits per heavy atom. The summed E-state index contributed by atoms with van der Waals surface area (Å²) >= 11 is 0.966. The lowest BCUT2D eigenvalue weighted by molar-refractivity contribution is -0.192. The van der Waals surface area contributed by atoms with Gasteiger partial charge < -0.3 is 15.4 Å². The third-order valence-corrected chi connectivity index (χ3v) is 6.13. The summed E-state index contributed by atoms with van der Waals surface area (Å²) in [7, 11) is -4.24. The largest absolute Gasteiger partial charge is 0.490 e. The van der Waals surface area contributed by atoms with Crippen molar-refractivity contribution in [2.45, 2.75) is 24.4 Å². The SMILES string of the molecule is Cc1onc(N)c1S(=O)(=O)NC(=O)c1cnc(Cc2ccccc2F)s1.O=C(O)C(F)(F)F. The number of carboxylic acid groups (broad SMARTS) is 1. The predicted molar refractivity (Wildman–Crippen MR) is 105 cm³/mol. The number of benzene rings is 1. The maximum Gasteiger partial charge on any atom is 0.490 e. The van der Waals surface area contributed by atoms with Crippen LogP contribution in [0, 0.1) is 12.7 Å². The second kappa shape index (κ2) is 9.95. The summed E-state index contributed by atoms with van der Waals surface area (Å²) in [6, 6.07) is 6.20. The van der Waals surface area contributed by atoms with Crippen LogP contribution < -0.4 is 10.5 Å². The molecule has 3 rings (SSSR count). The maximum absolute atomic E-state index is 13.7. The standard InChI is InChI=1S/C15H13FN4O4S2.C2HF3O2/c1-8-13(14(17)19-24-8)26(22,23)20-15(21)11-7-18-12(25-11)6-9-4-2-3-5-10(9)16;3-2(4,5)1(6)7/h2-5,7H,6H2,1H3,(H2,17,19)(H,20,21);(H,6,7). The number of thiazole rings is 1. The van der Waals surface area contributed by atoms with Crippen molar-refractivity contribution < 1.29 is 45.2 Å². The minimum atomic E-state index is -5.08. The number of nitrogens with two attached hydrogens (primary N) is 1. The smallest absolute Gasteiger partial charge is 0.475 e. The molecule has 0 fully saturated rings. The lowest BCUT2D eigenvalue weighted by atomic mass is 10.1. The maximum atomic E-state index is 13.7. The third-order valence-electron chi connectivity index (χ3n) is 3.65. The molecule has 2 heterocycles. The molecule has 0 atom stereocenters. The number of anilines is 1. The van der Waals surface area contributed by atoms with Gasteiger partial charge in [0.05, 0.1) is 11.2 Å². The minimum Gasteiger partial charge on any atom is -0.475 e. The van der Waals surface area contributed by atoms with Crippen molar-refractivity contribution in [3.63, 3.8) is 0 Å². The van der Waals surface area contributed by atoms with Crippen LogP contribution in [0.15, 0.2) is 39.9 Å². The highest BCUT2D eigenvalue weighted by molar-refractivity contribution is 7.90. The van der Waals surface area contributed by atoms with Gasteiger partial charge in [-0.25, -0.2) is 27.3 Å². The molecule has 4 N–H and O–H groups in total. The molecule has 3 aromatic rings. The number of carbonyl (C=O) groups excluding carboxylic acids is 1. The molecule has 0 bridgehead atoms. The van der Waals surface area contributed by atoms with Gasteiger partial charge in [0, 0.05) is 6.42 Å². The topological polar surface area (TPSA) is 165 Å². The molecule has 0 unspecified atom stereocenters.